The number of hydrogen-bond acceptors (Lipinski definition) is 3. The Labute approximate surface area is 139 Å². The minimum atomic E-state index is -0.752. The third-order valence-corrected chi connectivity index (χ3v) is 3.89. The molecule has 1 amide bonds. The molecular weight excluding hydrogens is 314 g/mol. The van der Waals surface area contributed by atoms with Gasteiger partial charge in [0.05, 0.1) is 18.8 Å². The maximum Gasteiger partial charge on any atom is 0.258 e. The van der Waals surface area contributed by atoms with Crippen molar-refractivity contribution in [2.24, 2.45) is 0 Å². The second-order valence-corrected chi connectivity index (χ2v) is 5.66. The Morgan fingerprint density at radius 2 is 1.79 bits per heavy atom. The molecule has 24 heavy (non-hydrogen) atoms. The number of hydrogen-bond donors (Lipinski definition) is 1. The van der Waals surface area contributed by atoms with E-state index in [0.717, 1.165) is 56.6 Å². The Hall–Kier alpha value is -2.31. The van der Waals surface area contributed by atoms with E-state index in [0.29, 0.717) is 5.69 Å². The average Bonchev–Trinajstić information content (AvgIpc) is 2.59. The largest absolute Gasteiger partial charge is 0.379 e. The maximum absolute atomic E-state index is 13.6. The molecule has 0 aliphatic carbocycles. The number of nitrogens with zero attached hydrogens (tertiary/aromatic N) is 1. The molecule has 0 radical (unpaired) electrons. The number of rotatable bonds is 4. The number of nitrogens with one attached hydrogen (secondary N) is 1. The molecule has 4 nitrogen and oxygen atoms in total. The fourth-order valence-electron chi connectivity index (χ4n) is 2.58. The standard InChI is InChI=1S/C18H18F2N2O2/c19-14-3-6-17(20)16(11-14)18(23)21-15-4-1-13(2-5-15)12-22-7-9-24-10-8-22/h1-6,11H,7-10,12H2,(H,21,23). The molecule has 1 N–H and O–H groups in total. The Kier molecular flexibility index (Phi) is 5.17. The molecule has 0 saturated carbocycles. The first-order valence-electron chi connectivity index (χ1n) is 7.77. The van der Waals surface area contributed by atoms with Crippen LogP contribution < -0.4 is 5.32 Å². The summed E-state index contributed by atoms with van der Waals surface area (Å²) in [6, 6.07) is 10.1. The highest BCUT2D eigenvalue weighted by Crippen LogP contribution is 2.15. The minimum absolute atomic E-state index is 0.313. The molecule has 126 valence electrons. The number of carbonyl (C=O) groups is 1. The predicted molar refractivity (Wildman–Crippen MR) is 86.8 cm³/mol. The second kappa shape index (κ2) is 7.51. The highest BCUT2D eigenvalue weighted by atomic mass is 19.1. The van der Waals surface area contributed by atoms with Gasteiger partial charge in [-0.25, -0.2) is 8.78 Å². The molecule has 2 aromatic rings. The predicted octanol–water partition coefficient (Wildman–Crippen LogP) is 3.05. The molecule has 0 unspecified atom stereocenters. The monoisotopic (exact) mass is 332 g/mol. The molecule has 1 aliphatic heterocycles. The van der Waals surface area contributed by atoms with E-state index >= 15 is 0 Å². The SMILES string of the molecule is O=C(Nc1ccc(CN2CCOCC2)cc1)c1cc(F)ccc1F. The van der Waals surface area contributed by atoms with Crippen LogP contribution in [0.3, 0.4) is 0 Å². The molecule has 1 aliphatic rings. The lowest BCUT2D eigenvalue weighted by atomic mass is 10.1. The molecule has 3 rings (SSSR count). The van der Waals surface area contributed by atoms with E-state index in [1.165, 1.54) is 0 Å². The first-order valence-corrected chi connectivity index (χ1v) is 7.77. The number of halogens is 2. The van der Waals surface area contributed by atoms with Crippen molar-refractivity contribution in [1.82, 2.24) is 4.90 Å². The van der Waals surface area contributed by atoms with Crippen LogP contribution in [0.15, 0.2) is 42.5 Å². The third kappa shape index (κ3) is 4.15. The van der Waals surface area contributed by atoms with Crippen LogP contribution >= 0.6 is 0 Å². The Balaban J connectivity index is 1.63. The number of morpholine rings is 1. The van der Waals surface area contributed by atoms with E-state index in [9.17, 15) is 13.6 Å². The first kappa shape index (κ1) is 16.5. The van der Waals surface area contributed by atoms with Crippen molar-refractivity contribution in [2.75, 3.05) is 31.6 Å². The summed E-state index contributed by atoms with van der Waals surface area (Å²) in [6.07, 6.45) is 0. The zero-order chi connectivity index (χ0) is 16.9. The molecule has 2 aromatic carbocycles. The van der Waals surface area contributed by atoms with Crippen molar-refractivity contribution in [3.63, 3.8) is 0 Å². The topological polar surface area (TPSA) is 41.6 Å². The third-order valence-electron chi connectivity index (χ3n) is 3.89. The molecule has 6 heteroatoms. The van der Waals surface area contributed by atoms with E-state index < -0.39 is 17.5 Å². The van der Waals surface area contributed by atoms with E-state index in [1.54, 1.807) is 12.1 Å². The molecular formula is C18H18F2N2O2. The van der Waals surface area contributed by atoms with Gasteiger partial charge in [-0.2, -0.15) is 0 Å². The zero-order valence-corrected chi connectivity index (χ0v) is 13.1. The smallest absolute Gasteiger partial charge is 0.258 e. The highest BCUT2D eigenvalue weighted by molar-refractivity contribution is 6.04. The summed E-state index contributed by atoms with van der Waals surface area (Å²) in [4.78, 5) is 14.3. The summed E-state index contributed by atoms with van der Waals surface area (Å²) >= 11 is 0. The van der Waals surface area contributed by atoms with Gasteiger partial charge in [0, 0.05) is 25.3 Å². The minimum Gasteiger partial charge on any atom is -0.379 e. The van der Waals surface area contributed by atoms with Crippen LogP contribution in [0.25, 0.3) is 0 Å². The van der Waals surface area contributed by atoms with Crippen molar-refractivity contribution < 1.29 is 18.3 Å². The molecule has 1 heterocycles. The van der Waals surface area contributed by atoms with Gasteiger partial charge in [-0.05, 0) is 35.9 Å². The van der Waals surface area contributed by atoms with Gasteiger partial charge < -0.3 is 10.1 Å². The van der Waals surface area contributed by atoms with Crippen molar-refractivity contribution >= 4 is 11.6 Å². The Morgan fingerprint density at radius 1 is 1.08 bits per heavy atom. The lowest BCUT2D eigenvalue weighted by molar-refractivity contribution is 0.0342. The summed E-state index contributed by atoms with van der Waals surface area (Å²) in [5.74, 6) is -2.08. The fourth-order valence-corrected chi connectivity index (χ4v) is 2.58. The molecule has 1 fully saturated rings. The molecule has 0 spiro atoms. The van der Waals surface area contributed by atoms with Gasteiger partial charge in [0.15, 0.2) is 0 Å². The number of benzene rings is 2. The van der Waals surface area contributed by atoms with Crippen LogP contribution in [0, 0.1) is 11.6 Å². The molecule has 1 saturated heterocycles. The number of carbonyl (C=O) groups excluding carboxylic acids is 1. The zero-order valence-electron chi connectivity index (χ0n) is 13.1. The van der Waals surface area contributed by atoms with Crippen molar-refractivity contribution in [2.45, 2.75) is 6.54 Å². The number of anilines is 1. The highest BCUT2D eigenvalue weighted by Gasteiger charge is 2.14. The van der Waals surface area contributed by atoms with Crippen LogP contribution in [0.5, 0.6) is 0 Å². The van der Waals surface area contributed by atoms with Crippen molar-refractivity contribution in [3.05, 3.63) is 65.2 Å². The number of ether oxygens (including phenoxy) is 1. The average molecular weight is 332 g/mol. The van der Waals surface area contributed by atoms with Gasteiger partial charge in [0.1, 0.15) is 11.6 Å². The van der Waals surface area contributed by atoms with Crippen LogP contribution in [0.2, 0.25) is 0 Å². The summed E-state index contributed by atoms with van der Waals surface area (Å²) in [5.41, 5.74) is 1.34. The molecule has 0 aromatic heterocycles. The quantitative estimate of drug-likeness (QED) is 0.936. The van der Waals surface area contributed by atoms with E-state index in [1.807, 2.05) is 12.1 Å². The Morgan fingerprint density at radius 3 is 2.50 bits per heavy atom. The second-order valence-electron chi connectivity index (χ2n) is 5.66. The first-order chi connectivity index (χ1) is 11.6. The van der Waals surface area contributed by atoms with E-state index in [4.69, 9.17) is 4.74 Å². The normalized spacial score (nSPS) is 15.2. The Bertz CT molecular complexity index is 713. The van der Waals surface area contributed by atoms with E-state index in [2.05, 4.69) is 10.2 Å². The summed E-state index contributed by atoms with van der Waals surface area (Å²) in [6.45, 7) is 4.10. The van der Waals surface area contributed by atoms with Gasteiger partial charge in [0.25, 0.3) is 5.91 Å². The van der Waals surface area contributed by atoms with Crippen LogP contribution in [0.1, 0.15) is 15.9 Å². The summed E-state index contributed by atoms with van der Waals surface area (Å²) in [5, 5.41) is 2.58. The lowest BCUT2D eigenvalue weighted by Crippen LogP contribution is -2.35. The molecule has 0 bridgehead atoms. The van der Waals surface area contributed by atoms with Crippen molar-refractivity contribution in [3.8, 4) is 0 Å². The van der Waals surface area contributed by atoms with Crippen molar-refractivity contribution in [1.29, 1.82) is 0 Å². The lowest BCUT2D eigenvalue weighted by Gasteiger charge is -2.26. The van der Waals surface area contributed by atoms with Gasteiger partial charge in [0.2, 0.25) is 0 Å². The van der Waals surface area contributed by atoms with Gasteiger partial charge >= 0.3 is 0 Å². The van der Waals surface area contributed by atoms with Gasteiger partial charge in [-0.3, -0.25) is 9.69 Å². The fraction of sp³-hybridized carbons (Fsp3) is 0.278. The van der Waals surface area contributed by atoms with Gasteiger partial charge in [-0.1, -0.05) is 12.1 Å². The summed E-state index contributed by atoms with van der Waals surface area (Å²) in [7, 11) is 0. The maximum atomic E-state index is 13.6. The van der Waals surface area contributed by atoms with Crippen LogP contribution in [0.4, 0.5) is 14.5 Å². The van der Waals surface area contributed by atoms with E-state index in [-0.39, 0.29) is 5.56 Å². The van der Waals surface area contributed by atoms with Crippen LogP contribution in [-0.4, -0.2) is 37.1 Å². The molecule has 0 atom stereocenters. The number of amides is 1. The summed E-state index contributed by atoms with van der Waals surface area (Å²) < 4.78 is 32.1. The van der Waals surface area contributed by atoms with Gasteiger partial charge in [-0.15, -0.1) is 0 Å². The van der Waals surface area contributed by atoms with Crippen LogP contribution in [-0.2, 0) is 11.3 Å².